The highest BCUT2D eigenvalue weighted by molar-refractivity contribution is 8.00. The standard InChI is InChI=1S/C18H19F2NOS/c1-3-17(13-6-4-12(2)5-7-13)21-18(22)11-23-14-8-9-15(19)16(20)10-14/h4-10,17H,3,11H2,1-2H3,(H,21,22)/t17-/m0/s1. The minimum Gasteiger partial charge on any atom is -0.349 e. The number of carbonyl (C=O) groups excluding carboxylic acids is 1. The first-order chi connectivity index (χ1) is 11.0. The van der Waals surface area contributed by atoms with E-state index in [9.17, 15) is 13.6 Å². The number of thioether (sulfide) groups is 1. The van der Waals surface area contributed by atoms with Crippen LogP contribution in [0.15, 0.2) is 47.4 Å². The fraction of sp³-hybridized carbons (Fsp3) is 0.278. The van der Waals surface area contributed by atoms with Crippen LogP contribution in [0.3, 0.4) is 0 Å². The third-order valence-electron chi connectivity index (χ3n) is 3.48. The van der Waals surface area contributed by atoms with Crippen molar-refractivity contribution >= 4 is 17.7 Å². The molecule has 0 aliphatic rings. The Bertz CT molecular complexity index is 673. The van der Waals surface area contributed by atoms with Gasteiger partial charge >= 0.3 is 0 Å². The predicted octanol–water partition coefficient (Wildman–Crippen LogP) is 4.63. The van der Waals surface area contributed by atoms with Crippen molar-refractivity contribution in [3.63, 3.8) is 0 Å². The molecule has 0 bridgehead atoms. The largest absolute Gasteiger partial charge is 0.349 e. The third-order valence-corrected chi connectivity index (χ3v) is 4.48. The van der Waals surface area contributed by atoms with Crippen LogP contribution in [0.1, 0.15) is 30.5 Å². The molecule has 0 aliphatic heterocycles. The van der Waals surface area contributed by atoms with Crippen molar-refractivity contribution in [2.24, 2.45) is 0 Å². The van der Waals surface area contributed by atoms with E-state index >= 15 is 0 Å². The van der Waals surface area contributed by atoms with Gasteiger partial charge in [0.1, 0.15) is 0 Å². The second-order valence-electron chi connectivity index (χ2n) is 5.30. The molecule has 2 rings (SSSR count). The van der Waals surface area contributed by atoms with Gasteiger partial charge < -0.3 is 5.32 Å². The molecular weight excluding hydrogens is 316 g/mol. The van der Waals surface area contributed by atoms with Gasteiger partial charge in [-0.05, 0) is 37.1 Å². The van der Waals surface area contributed by atoms with Crippen LogP contribution in [0, 0.1) is 18.6 Å². The molecule has 2 aromatic rings. The van der Waals surface area contributed by atoms with Gasteiger partial charge in [0.25, 0.3) is 0 Å². The summed E-state index contributed by atoms with van der Waals surface area (Å²) in [4.78, 5) is 12.6. The smallest absolute Gasteiger partial charge is 0.230 e. The first-order valence-corrected chi connectivity index (χ1v) is 8.42. The van der Waals surface area contributed by atoms with E-state index in [1.165, 1.54) is 23.4 Å². The molecule has 0 radical (unpaired) electrons. The maximum absolute atomic E-state index is 13.1. The highest BCUT2D eigenvalue weighted by Gasteiger charge is 2.13. The number of carbonyl (C=O) groups is 1. The molecule has 0 saturated heterocycles. The second-order valence-corrected chi connectivity index (χ2v) is 6.35. The average molecular weight is 335 g/mol. The molecule has 1 atom stereocenters. The van der Waals surface area contributed by atoms with Gasteiger partial charge in [-0.25, -0.2) is 8.78 Å². The lowest BCUT2D eigenvalue weighted by Crippen LogP contribution is -2.29. The van der Waals surface area contributed by atoms with Gasteiger partial charge in [-0.1, -0.05) is 36.8 Å². The predicted molar refractivity (Wildman–Crippen MR) is 89.4 cm³/mol. The fourth-order valence-corrected chi connectivity index (χ4v) is 2.90. The van der Waals surface area contributed by atoms with Crippen molar-refractivity contribution in [1.82, 2.24) is 5.32 Å². The Hall–Kier alpha value is -1.88. The summed E-state index contributed by atoms with van der Waals surface area (Å²) >= 11 is 1.18. The molecule has 0 aromatic heterocycles. The Morgan fingerprint density at radius 3 is 2.43 bits per heavy atom. The van der Waals surface area contributed by atoms with E-state index in [0.717, 1.165) is 24.1 Å². The van der Waals surface area contributed by atoms with E-state index < -0.39 is 11.6 Å². The molecule has 0 spiro atoms. The van der Waals surface area contributed by atoms with E-state index in [4.69, 9.17) is 0 Å². The Kier molecular flexibility index (Phi) is 6.16. The van der Waals surface area contributed by atoms with E-state index in [1.807, 2.05) is 38.1 Å². The molecule has 0 fully saturated rings. The van der Waals surface area contributed by atoms with E-state index in [-0.39, 0.29) is 17.7 Å². The van der Waals surface area contributed by atoms with Crippen molar-refractivity contribution < 1.29 is 13.6 Å². The van der Waals surface area contributed by atoms with Gasteiger partial charge in [-0.2, -0.15) is 0 Å². The van der Waals surface area contributed by atoms with E-state index in [1.54, 1.807) is 0 Å². The monoisotopic (exact) mass is 335 g/mol. The molecule has 122 valence electrons. The van der Waals surface area contributed by atoms with Gasteiger partial charge in [0, 0.05) is 4.90 Å². The molecular formula is C18H19F2NOS. The van der Waals surface area contributed by atoms with Crippen LogP contribution in [-0.2, 0) is 4.79 Å². The Labute approximate surface area is 139 Å². The maximum atomic E-state index is 13.1. The van der Waals surface area contributed by atoms with Crippen molar-refractivity contribution in [3.8, 4) is 0 Å². The first kappa shape index (κ1) is 17.5. The second kappa shape index (κ2) is 8.11. The van der Waals surface area contributed by atoms with Crippen molar-refractivity contribution in [2.75, 3.05) is 5.75 Å². The summed E-state index contributed by atoms with van der Waals surface area (Å²) < 4.78 is 26.0. The molecule has 5 heteroatoms. The van der Waals surface area contributed by atoms with Crippen LogP contribution < -0.4 is 5.32 Å². The molecule has 2 nitrogen and oxygen atoms in total. The highest BCUT2D eigenvalue weighted by atomic mass is 32.2. The Morgan fingerprint density at radius 1 is 1.13 bits per heavy atom. The number of hydrogen-bond donors (Lipinski definition) is 1. The SMILES string of the molecule is CC[C@H](NC(=O)CSc1ccc(F)c(F)c1)c1ccc(C)cc1. The summed E-state index contributed by atoms with van der Waals surface area (Å²) in [5.74, 6) is -1.76. The van der Waals surface area contributed by atoms with Crippen LogP contribution in [0.4, 0.5) is 8.78 Å². The summed E-state index contributed by atoms with van der Waals surface area (Å²) in [6, 6.07) is 11.6. The highest BCUT2D eigenvalue weighted by Crippen LogP contribution is 2.21. The molecule has 0 unspecified atom stereocenters. The zero-order chi connectivity index (χ0) is 16.8. The number of nitrogens with one attached hydrogen (secondary N) is 1. The maximum Gasteiger partial charge on any atom is 0.230 e. The number of aryl methyl sites for hydroxylation is 1. The normalized spacial score (nSPS) is 12.0. The van der Waals surface area contributed by atoms with Crippen molar-refractivity contribution in [3.05, 3.63) is 65.2 Å². The van der Waals surface area contributed by atoms with E-state index in [2.05, 4.69) is 5.32 Å². The zero-order valence-electron chi connectivity index (χ0n) is 13.1. The third kappa shape index (κ3) is 5.06. The number of halogens is 2. The lowest BCUT2D eigenvalue weighted by molar-refractivity contribution is -0.119. The van der Waals surface area contributed by atoms with Crippen LogP contribution in [0.2, 0.25) is 0 Å². The van der Waals surface area contributed by atoms with Crippen LogP contribution in [-0.4, -0.2) is 11.7 Å². The molecule has 1 amide bonds. The van der Waals surface area contributed by atoms with Gasteiger partial charge in [0.15, 0.2) is 11.6 Å². The fourth-order valence-electron chi connectivity index (χ4n) is 2.17. The number of benzene rings is 2. The molecule has 0 saturated carbocycles. The topological polar surface area (TPSA) is 29.1 Å². The average Bonchev–Trinajstić information content (AvgIpc) is 2.54. The van der Waals surface area contributed by atoms with Gasteiger partial charge in [-0.3, -0.25) is 4.79 Å². The summed E-state index contributed by atoms with van der Waals surface area (Å²) in [5.41, 5.74) is 2.23. The summed E-state index contributed by atoms with van der Waals surface area (Å²) in [5, 5.41) is 2.97. The summed E-state index contributed by atoms with van der Waals surface area (Å²) in [6.07, 6.45) is 0.782. The minimum atomic E-state index is -0.901. The lowest BCUT2D eigenvalue weighted by Gasteiger charge is -2.17. The lowest BCUT2D eigenvalue weighted by atomic mass is 10.0. The summed E-state index contributed by atoms with van der Waals surface area (Å²) in [7, 11) is 0. The quantitative estimate of drug-likeness (QED) is 0.780. The van der Waals surface area contributed by atoms with Gasteiger partial charge in [0.05, 0.1) is 11.8 Å². The van der Waals surface area contributed by atoms with Gasteiger partial charge in [0.2, 0.25) is 5.91 Å². The molecule has 2 aromatic carbocycles. The first-order valence-electron chi connectivity index (χ1n) is 7.43. The molecule has 0 aliphatic carbocycles. The number of hydrogen-bond acceptors (Lipinski definition) is 2. The molecule has 0 heterocycles. The van der Waals surface area contributed by atoms with E-state index in [0.29, 0.717) is 4.90 Å². The summed E-state index contributed by atoms with van der Waals surface area (Å²) in [6.45, 7) is 4.02. The molecule has 23 heavy (non-hydrogen) atoms. The van der Waals surface area contributed by atoms with Gasteiger partial charge in [-0.15, -0.1) is 11.8 Å². The molecule has 1 N–H and O–H groups in total. The Balaban J connectivity index is 1.92. The van der Waals surface area contributed by atoms with Crippen molar-refractivity contribution in [1.29, 1.82) is 0 Å². The van der Waals surface area contributed by atoms with Crippen LogP contribution >= 0.6 is 11.8 Å². The van der Waals surface area contributed by atoms with Crippen molar-refractivity contribution in [2.45, 2.75) is 31.2 Å². The number of amides is 1. The van der Waals surface area contributed by atoms with Crippen LogP contribution in [0.5, 0.6) is 0 Å². The van der Waals surface area contributed by atoms with Crippen LogP contribution in [0.25, 0.3) is 0 Å². The number of rotatable bonds is 6. The Morgan fingerprint density at radius 2 is 1.83 bits per heavy atom. The minimum absolute atomic E-state index is 0.0475. The zero-order valence-corrected chi connectivity index (χ0v) is 13.9.